The van der Waals surface area contributed by atoms with E-state index in [0.29, 0.717) is 18.7 Å². The molecule has 0 aliphatic heterocycles. The quantitative estimate of drug-likeness (QED) is 0.792. The summed E-state index contributed by atoms with van der Waals surface area (Å²) in [5.41, 5.74) is 0. The molecular weight excluding hydrogens is 246 g/mol. The first-order valence-corrected chi connectivity index (χ1v) is 6.56. The van der Waals surface area contributed by atoms with E-state index in [1.807, 2.05) is 18.7 Å². The van der Waals surface area contributed by atoms with Crippen molar-refractivity contribution in [2.75, 3.05) is 12.8 Å². The lowest BCUT2D eigenvalue weighted by molar-refractivity contribution is 0.0983. The van der Waals surface area contributed by atoms with Crippen LogP contribution in [-0.2, 0) is 13.6 Å². The van der Waals surface area contributed by atoms with Gasteiger partial charge in [0.05, 0.1) is 6.54 Å². The molecule has 4 nitrogen and oxygen atoms in total. The third-order valence-electron chi connectivity index (χ3n) is 2.91. The van der Waals surface area contributed by atoms with Gasteiger partial charge in [-0.25, -0.2) is 8.78 Å². The molecule has 0 spiro atoms. The number of nitrogens with one attached hydrogen (secondary N) is 1. The minimum Gasteiger partial charge on any atom is -0.313 e. The highest BCUT2D eigenvalue weighted by atomic mass is 32.2. The lowest BCUT2D eigenvalue weighted by atomic mass is 10.3. The SMILES string of the molecule is CNCc1nnc(SCC[C@H]2CC2(F)F)n1C. The summed E-state index contributed by atoms with van der Waals surface area (Å²) >= 11 is 1.49. The Bertz CT molecular complexity index is 394. The smallest absolute Gasteiger partial charge is 0.251 e. The molecule has 0 saturated heterocycles. The van der Waals surface area contributed by atoms with Gasteiger partial charge in [0, 0.05) is 25.1 Å². The van der Waals surface area contributed by atoms with E-state index in [-0.39, 0.29) is 6.42 Å². The average molecular weight is 262 g/mol. The van der Waals surface area contributed by atoms with E-state index < -0.39 is 11.8 Å². The second kappa shape index (κ2) is 4.89. The monoisotopic (exact) mass is 262 g/mol. The van der Waals surface area contributed by atoms with Gasteiger partial charge in [0.15, 0.2) is 5.16 Å². The predicted molar refractivity (Wildman–Crippen MR) is 62.2 cm³/mol. The van der Waals surface area contributed by atoms with Gasteiger partial charge in [-0.05, 0) is 13.5 Å². The molecule has 7 heteroatoms. The van der Waals surface area contributed by atoms with Crippen LogP contribution in [0.4, 0.5) is 8.78 Å². The van der Waals surface area contributed by atoms with Crippen LogP contribution in [0.2, 0.25) is 0 Å². The molecule has 1 fully saturated rings. The molecule has 96 valence electrons. The van der Waals surface area contributed by atoms with Crippen molar-refractivity contribution in [2.45, 2.75) is 30.5 Å². The molecule has 1 atom stereocenters. The third-order valence-corrected chi connectivity index (χ3v) is 3.97. The molecule has 1 aliphatic carbocycles. The topological polar surface area (TPSA) is 42.7 Å². The Hall–Kier alpha value is -0.690. The Morgan fingerprint density at radius 3 is 2.82 bits per heavy atom. The Balaban J connectivity index is 1.79. The number of aromatic nitrogens is 3. The fraction of sp³-hybridized carbons (Fsp3) is 0.800. The summed E-state index contributed by atoms with van der Waals surface area (Å²) in [5.74, 6) is -1.30. The van der Waals surface area contributed by atoms with Gasteiger partial charge in [0.1, 0.15) is 5.82 Å². The summed E-state index contributed by atoms with van der Waals surface area (Å²) in [6, 6.07) is 0. The van der Waals surface area contributed by atoms with E-state index >= 15 is 0 Å². The van der Waals surface area contributed by atoms with E-state index in [4.69, 9.17) is 0 Å². The van der Waals surface area contributed by atoms with Crippen LogP contribution in [-0.4, -0.2) is 33.5 Å². The fourth-order valence-corrected chi connectivity index (χ4v) is 2.64. The average Bonchev–Trinajstić information content (AvgIpc) is 2.73. The lowest BCUT2D eigenvalue weighted by Gasteiger charge is -2.03. The van der Waals surface area contributed by atoms with Crippen LogP contribution in [0.25, 0.3) is 0 Å². The maximum atomic E-state index is 12.7. The summed E-state index contributed by atoms with van der Waals surface area (Å²) in [6.45, 7) is 0.657. The molecule has 1 aromatic rings. The number of alkyl halides is 2. The second-order valence-electron chi connectivity index (χ2n) is 4.29. The van der Waals surface area contributed by atoms with Gasteiger partial charge in [0.25, 0.3) is 5.92 Å². The largest absolute Gasteiger partial charge is 0.313 e. The van der Waals surface area contributed by atoms with Gasteiger partial charge in [-0.2, -0.15) is 0 Å². The van der Waals surface area contributed by atoms with Gasteiger partial charge in [-0.3, -0.25) is 0 Å². The van der Waals surface area contributed by atoms with Crippen LogP contribution in [0.15, 0.2) is 5.16 Å². The van der Waals surface area contributed by atoms with E-state index in [0.717, 1.165) is 11.0 Å². The first-order chi connectivity index (χ1) is 8.04. The standard InChI is InChI=1S/C10H16F2N4S/c1-13-6-8-14-15-9(16(8)2)17-4-3-7-5-10(7,11)12/h7,13H,3-6H2,1-2H3/t7-/m0/s1. The Morgan fingerprint density at radius 1 is 1.53 bits per heavy atom. The Morgan fingerprint density at radius 2 is 2.24 bits per heavy atom. The van der Waals surface area contributed by atoms with E-state index in [2.05, 4.69) is 15.5 Å². The number of halogens is 2. The lowest BCUT2D eigenvalue weighted by Crippen LogP contribution is -2.10. The van der Waals surface area contributed by atoms with Crippen molar-refractivity contribution in [1.29, 1.82) is 0 Å². The van der Waals surface area contributed by atoms with E-state index in [1.54, 1.807) is 0 Å². The molecule has 0 aromatic carbocycles. The molecule has 0 unspecified atom stereocenters. The van der Waals surface area contributed by atoms with Gasteiger partial charge in [0.2, 0.25) is 0 Å². The number of hydrogen-bond donors (Lipinski definition) is 1. The highest BCUT2D eigenvalue weighted by Crippen LogP contribution is 2.51. The van der Waals surface area contributed by atoms with Crippen LogP contribution >= 0.6 is 11.8 Å². The number of nitrogens with zero attached hydrogens (tertiary/aromatic N) is 3. The van der Waals surface area contributed by atoms with Crippen molar-refractivity contribution in [1.82, 2.24) is 20.1 Å². The Labute approximate surface area is 103 Å². The summed E-state index contributed by atoms with van der Waals surface area (Å²) in [5, 5.41) is 11.9. The van der Waals surface area contributed by atoms with Crippen molar-refractivity contribution < 1.29 is 8.78 Å². The van der Waals surface area contributed by atoms with Crippen LogP contribution < -0.4 is 5.32 Å². The van der Waals surface area contributed by atoms with Crippen LogP contribution in [0.3, 0.4) is 0 Å². The summed E-state index contributed by atoms with van der Waals surface area (Å²) < 4.78 is 27.2. The molecule has 17 heavy (non-hydrogen) atoms. The number of hydrogen-bond acceptors (Lipinski definition) is 4. The van der Waals surface area contributed by atoms with Crippen LogP contribution in [0, 0.1) is 5.92 Å². The Kier molecular flexibility index (Phi) is 3.67. The molecule has 2 rings (SSSR count). The zero-order chi connectivity index (χ0) is 12.5. The highest BCUT2D eigenvalue weighted by Gasteiger charge is 2.55. The highest BCUT2D eigenvalue weighted by molar-refractivity contribution is 7.99. The zero-order valence-corrected chi connectivity index (χ0v) is 10.7. The summed E-state index contributed by atoms with van der Waals surface area (Å²) in [7, 11) is 3.73. The molecule has 0 amide bonds. The van der Waals surface area contributed by atoms with Gasteiger partial charge < -0.3 is 9.88 Å². The summed E-state index contributed by atoms with van der Waals surface area (Å²) in [4.78, 5) is 0. The minimum absolute atomic E-state index is 0.0530. The van der Waals surface area contributed by atoms with E-state index in [1.165, 1.54) is 11.8 Å². The van der Waals surface area contributed by atoms with Crippen molar-refractivity contribution in [2.24, 2.45) is 13.0 Å². The summed E-state index contributed by atoms with van der Waals surface area (Å²) in [6.07, 6.45) is 0.600. The van der Waals surface area contributed by atoms with E-state index in [9.17, 15) is 8.78 Å². The predicted octanol–water partition coefficient (Wildman–Crippen LogP) is 1.67. The number of thioether (sulfide) groups is 1. The first-order valence-electron chi connectivity index (χ1n) is 5.58. The normalized spacial score (nSPS) is 21.8. The third kappa shape index (κ3) is 2.95. The molecule has 0 radical (unpaired) electrons. The zero-order valence-electron chi connectivity index (χ0n) is 9.91. The molecule has 0 bridgehead atoms. The molecule has 1 saturated carbocycles. The number of rotatable bonds is 6. The van der Waals surface area contributed by atoms with Crippen molar-refractivity contribution >= 4 is 11.8 Å². The van der Waals surface area contributed by atoms with Crippen molar-refractivity contribution in [3.8, 4) is 0 Å². The van der Waals surface area contributed by atoms with Crippen LogP contribution in [0.1, 0.15) is 18.7 Å². The second-order valence-corrected chi connectivity index (χ2v) is 5.35. The molecule has 1 aromatic heterocycles. The van der Waals surface area contributed by atoms with Gasteiger partial charge in [-0.1, -0.05) is 11.8 Å². The minimum atomic E-state index is -2.41. The van der Waals surface area contributed by atoms with Crippen molar-refractivity contribution in [3.05, 3.63) is 5.82 Å². The molecule has 1 aliphatic rings. The maximum absolute atomic E-state index is 12.7. The first kappa shape index (κ1) is 12.8. The van der Waals surface area contributed by atoms with Crippen LogP contribution in [0.5, 0.6) is 0 Å². The molecular formula is C10H16F2N4S. The van der Waals surface area contributed by atoms with Gasteiger partial charge in [-0.15, -0.1) is 10.2 Å². The fourth-order valence-electron chi connectivity index (χ4n) is 1.66. The molecule has 1 heterocycles. The van der Waals surface area contributed by atoms with Gasteiger partial charge >= 0.3 is 0 Å². The maximum Gasteiger partial charge on any atom is 0.251 e. The van der Waals surface area contributed by atoms with Crippen molar-refractivity contribution in [3.63, 3.8) is 0 Å². The molecule has 1 N–H and O–H groups in total.